The number of aromatic hydroxyl groups is 1. The van der Waals surface area contributed by atoms with Crippen molar-refractivity contribution in [3.63, 3.8) is 0 Å². The van der Waals surface area contributed by atoms with Crippen LogP contribution in [0.3, 0.4) is 0 Å². The summed E-state index contributed by atoms with van der Waals surface area (Å²) >= 11 is 0. The molecule has 0 atom stereocenters. The number of carbonyl (C=O) groups excluding carboxylic acids is 1. The topological polar surface area (TPSA) is 146 Å². The maximum Gasteiger partial charge on any atom is 0.414 e. The summed E-state index contributed by atoms with van der Waals surface area (Å²) in [6, 6.07) is 10.9. The van der Waals surface area contributed by atoms with Gasteiger partial charge < -0.3 is 34.4 Å². The third-order valence-electron chi connectivity index (χ3n) is 5.13. The number of aliphatic carboxylic acids is 2. The summed E-state index contributed by atoms with van der Waals surface area (Å²) in [5, 5.41) is 24.8. The van der Waals surface area contributed by atoms with Gasteiger partial charge in [0.2, 0.25) is 5.75 Å². The molecule has 2 aromatic rings. The van der Waals surface area contributed by atoms with Crippen molar-refractivity contribution >= 4 is 17.8 Å². The van der Waals surface area contributed by atoms with E-state index in [1.807, 2.05) is 29.2 Å². The van der Waals surface area contributed by atoms with Gasteiger partial charge in [-0.25, -0.2) is 9.59 Å². The number of hydrogen-bond acceptors (Lipinski definition) is 8. The zero-order valence-corrected chi connectivity index (χ0v) is 19.2. The number of amides is 1. The predicted molar refractivity (Wildman–Crippen MR) is 121 cm³/mol. The van der Waals surface area contributed by atoms with Crippen LogP contribution >= 0.6 is 0 Å². The van der Waals surface area contributed by atoms with Gasteiger partial charge in [0.25, 0.3) is 5.91 Å². The molecule has 1 heterocycles. The van der Waals surface area contributed by atoms with Gasteiger partial charge in [-0.1, -0.05) is 12.1 Å². The van der Waals surface area contributed by atoms with Gasteiger partial charge in [0.05, 0.1) is 26.9 Å². The summed E-state index contributed by atoms with van der Waals surface area (Å²) in [5.41, 5.74) is 1.57. The molecular formula is C23H28N2O9. The fraction of sp³-hybridized carbons (Fsp3) is 0.348. The van der Waals surface area contributed by atoms with Gasteiger partial charge in [0.1, 0.15) is 5.75 Å². The zero-order valence-electron chi connectivity index (χ0n) is 19.2. The van der Waals surface area contributed by atoms with Gasteiger partial charge in [-0.2, -0.15) is 0 Å². The van der Waals surface area contributed by atoms with Crippen LogP contribution in [0.5, 0.6) is 23.0 Å². The second kappa shape index (κ2) is 12.3. The standard InChI is InChI=1S/C21H26N2O5.C2H2O4/c1-26-17-7-5-4-6-16(17)21(25)23-10-8-22(9-11-23)14-15-12-18(27-2)20(24)19(13-15)28-3;3-1(4)2(5)6/h4-7,12-13,24H,8-11,14H2,1-3H3;(H,3,4)(H,5,6). The Morgan fingerprint density at radius 1 is 0.824 bits per heavy atom. The average Bonchev–Trinajstić information content (AvgIpc) is 2.85. The number of methoxy groups -OCH3 is 3. The van der Waals surface area contributed by atoms with Crippen LogP contribution in [0.1, 0.15) is 15.9 Å². The first-order valence-electron chi connectivity index (χ1n) is 10.3. The molecule has 1 saturated heterocycles. The number of nitrogens with zero attached hydrogens (tertiary/aromatic N) is 2. The number of phenols is 1. The molecule has 1 amide bonds. The van der Waals surface area contributed by atoms with Crippen molar-refractivity contribution in [1.29, 1.82) is 0 Å². The molecule has 0 radical (unpaired) electrons. The number of para-hydroxylation sites is 1. The summed E-state index contributed by atoms with van der Waals surface area (Å²) < 4.78 is 15.8. The number of carboxylic acids is 2. The van der Waals surface area contributed by atoms with Crippen LogP contribution in [0, 0.1) is 0 Å². The third-order valence-corrected chi connectivity index (χ3v) is 5.13. The normalized spacial score (nSPS) is 13.3. The maximum absolute atomic E-state index is 12.8. The van der Waals surface area contributed by atoms with E-state index >= 15 is 0 Å². The molecular weight excluding hydrogens is 448 g/mol. The minimum Gasteiger partial charge on any atom is -0.502 e. The highest BCUT2D eigenvalue weighted by Crippen LogP contribution is 2.37. The molecule has 11 heteroatoms. The van der Waals surface area contributed by atoms with E-state index in [0.717, 1.165) is 18.7 Å². The van der Waals surface area contributed by atoms with Gasteiger partial charge in [0.15, 0.2) is 11.5 Å². The number of rotatable bonds is 6. The molecule has 11 nitrogen and oxygen atoms in total. The molecule has 1 fully saturated rings. The quantitative estimate of drug-likeness (QED) is 0.525. The number of piperazine rings is 1. The van der Waals surface area contributed by atoms with Crippen molar-refractivity contribution in [1.82, 2.24) is 9.80 Å². The lowest BCUT2D eigenvalue weighted by molar-refractivity contribution is -0.159. The largest absolute Gasteiger partial charge is 0.502 e. The Labute approximate surface area is 196 Å². The third kappa shape index (κ3) is 6.75. The molecule has 2 aromatic carbocycles. The number of phenolic OH excluding ortho intramolecular Hbond substituents is 1. The van der Waals surface area contributed by atoms with E-state index < -0.39 is 11.9 Å². The Hall–Kier alpha value is -3.99. The lowest BCUT2D eigenvalue weighted by Gasteiger charge is -2.35. The van der Waals surface area contributed by atoms with Crippen molar-refractivity contribution in [3.05, 3.63) is 47.5 Å². The molecule has 0 unspecified atom stereocenters. The number of ether oxygens (including phenoxy) is 3. The van der Waals surface area contributed by atoms with E-state index in [0.29, 0.717) is 42.4 Å². The Bertz CT molecular complexity index is 980. The van der Waals surface area contributed by atoms with Crippen molar-refractivity contribution in [2.24, 2.45) is 0 Å². The van der Waals surface area contributed by atoms with Gasteiger partial charge >= 0.3 is 11.9 Å². The van der Waals surface area contributed by atoms with E-state index in [-0.39, 0.29) is 11.7 Å². The van der Waals surface area contributed by atoms with Crippen molar-refractivity contribution in [3.8, 4) is 23.0 Å². The minimum atomic E-state index is -1.82. The fourth-order valence-corrected chi connectivity index (χ4v) is 3.40. The number of benzene rings is 2. The van der Waals surface area contributed by atoms with Gasteiger partial charge in [-0.15, -0.1) is 0 Å². The first-order valence-corrected chi connectivity index (χ1v) is 10.3. The van der Waals surface area contributed by atoms with E-state index in [2.05, 4.69) is 4.90 Å². The van der Waals surface area contributed by atoms with E-state index in [9.17, 15) is 9.90 Å². The first kappa shape index (κ1) is 26.3. The summed E-state index contributed by atoms with van der Waals surface area (Å²) in [7, 11) is 4.60. The molecule has 0 spiro atoms. The van der Waals surface area contributed by atoms with Crippen LogP contribution < -0.4 is 14.2 Å². The molecule has 0 saturated carbocycles. The minimum absolute atomic E-state index is 0.000902. The van der Waals surface area contributed by atoms with E-state index in [4.69, 9.17) is 34.0 Å². The molecule has 184 valence electrons. The highest BCUT2D eigenvalue weighted by Gasteiger charge is 2.24. The lowest BCUT2D eigenvalue weighted by atomic mass is 10.1. The number of carboxylic acid groups (broad SMARTS) is 2. The van der Waals surface area contributed by atoms with Gasteiger partial charge in [-0.05, 0) is 29.8 Å². The number of carbonyl (C=O) groups is 3. The Morgan fingerprint density at radius 3 is 1.79 bits per heavy atom. The Kier molecular flexibility index (Phi) is 9.50. The Morgan fingerprint density at radius 2 is 1.32 bits per heavy atom. The van der Waals surface area contributed by atoms with Crippen LogP contribution in [-0.4, -0.2) is 90.5 Å². The molecule has 34 heavy (non-hydrogen) atoms. The summed E-state index contributed by atoms with van der Waals surface area (Å²) in [5.74, 6) is -2.28. The molecule has 0 aliphatic carbocycles. The SMILES string of the molecule is COc1ccccc1C(=O)N1CCN(Cc2cc(OC)c(O)c(OC)c2)CC1.O=C(O)C(=O)O. The van der Waals surface area contributed by atoms with Crippen molar-refractivity contribution in [2.45, 2.75) is 6.54 Å². The summed E-state index contributed by atoms with van der Waals surface area (Å²) in [6.07, 6.45) is 0. The average molecular weight is 476 g/mol. The molecule has 3 rings (SSSR count). The smallest absolute Gasteiger partial charge is 0.414 e. The van der Waals surface area contributed by atoms with Gasteiger partial charge in [-0.3, -0.25) is 9.69 Å². The number of hydrogen-bond donors (Lipinski definition) is 3. The summed E-state index contributed by atoms with van der Waals surface area (Å²) in [4.78, 5) is 35.1. The Balaban J connectivity index is 0.000000604. The molecule has 1 aliphatic rings. The maximum atomic E-state index is 12.8. The van der Waals surface area contributed by atoms with Crippen LogP contribution in [0.15, 0.2) is 36.4 Å². The van der Waals surface area contributed by atoms with Crippen LogP contribution in [-0.2, 0) is 16.1 Å². The van der Waals surface area contributed by atoms with Crippen LogP contribution in [0.2, 0.25) is 0 Å². The predicted octanol–water partition coefficient (Wildman–Crippen LogP) is 1.53. The second-order valence-corrected chi connectivity index (χ2v) is 7.23. The lowest BCUT2D eigenvalue weighted by Crippen LogP contribution is -2.48. The molecule has 3 N–H and O–H groups in total. The van der Waals surface area contributed by atoms with Crippen LogP contribution in [0.4, 0.5) is 0 Å². The van der Waals surface area contributed by atoms with Gasteiger partial charge in [0, 0.05) is 32.7 Å². The van der Waals surface area contributed by atoms with Crippen LogP contribution in [0.25, 0.3) is 0 Å². The summed E-state index contributed by atoms with van der Waals surface area (Å²) in [6.45, 7) is 3.48. The second-order valence-electron chi connectivity index (χ2n) is 7.23. The highest BCUT2D eigenvalue weighted by atomic mass is 16.5. The zero-order chi connectivity index (χ0) is 25.3. The first-order chi connectivity index (χ1) is 16.2. The van der Waals surface area contributed by atoms with Crippen molar-refractivity contribution < 1.29 is 43.9 Å². The van der Waals surface area contributed by atoms with Crippen molar-refractivity contribution in [2.75, 3.05) is 47.5 Å². The molecule has 0 bridgehead atoms. The fourth-order valence-electron chi connectivity index (χ4n) is 3.40. The van der Waals surface area contributed by atoms with E-state index in [1.54, 1.807) is 19.2 Å². The highest BCUT2D eigenvalue weighted by molar-refractivity contribution is 6.27. The van der Waals surface area contributed by atoms with E-state index in [1.165, 1.54) is 14.2 Å². The molecule has 0 aromatic heterocycles. The molecule has 1 aliphatic heterocycles. The monoisotopic (exact) mass is 476 g/mol.